The van der Waals surface area contributed by atoms with Crippen molar-refractivity contribution in [3.8, 4) is 0 Å². The summed E-state index contributed by atoms with van der Waals surface area (Å²) in [4.78, 5) is 4.63. The van der Waals surface area contributed by atoms with E-state index in [-0.39, 0.29) is 5.60 Å². The van der Waals surface area contributed by atoms with Crippen LogP contribution in [0, 0.1) is 0 Å². The summed E-state index contributed by atoms with van der Waals surface area (Å²) in [5.74, 6) is 0. The Hall–Kier alpha value is -1.67. The van der Waals surface area contributed by atoms with E-state index in [0.29, 0.717) is 0 Å². The summed E-state index contributed by atoms with van der Waals surface area (Å²) < 4.78 is 6.35. The molecule has 1 aliphatic rings. The zero-order valence-corrected chi connectivity index (χ0v) is 16.6. The summed E-state index contributed by atoms with van der Waals surface area (Å²) in [6, 6.07) is 10.3. The predicted octanol–water partition coefficient (Wildman–Crippen LogP) is 6.87. The molecule has 1 aromatic carbocycles. The van der Waals surface area contributed by atoms with Crippen molar-refractivity contribution >= 4 is 6.21 Å². The van der Waals surface area contributed by atoms with Crippen molar-refractivity contribution in [2.75, 3.05) is 6.61 Å². The summed E-state index contributed by atoms with van der Waals surface area (Å²) in [5, 5.41) is 0. The minimum Gasteiger partial charge on any atom is -0.371 e. The molecule has 142 valence electrons. The average molecular weight is 354 g/mol. The van der Waals surface area contributed by atoms with Crippen molar-refractivity contribution in [3.63, 3.8) is 0 Å². The van der Waals surface area contributed by atoms with Crippen LogP contribution in [0.2, 0.25) is 0 Å². The number of ether oxygens (including phenoxy) is 1. The van der Waals surface area contributed by atoms with Crippen molar-refractivity contribution < 1.29 is 4.74 Å². The van der Waals surface area contributed by atoms with Gasteiger partial charge in [-0.3, -0.25) is 4.99 Å². The Morgan fingerprint density at radius 2 is 1.77 bits per heavy atom. The van der Waals surface area contributed by atoms with Gasteiger partial charge in [0.1, 0.15) is 0 Å². The van der Waals surface area contributed by atoms with Crippen molar-refractivity contribution in [1.82, 2.24) is 0 Å². The lowest BCUT2D eigenvalue weighted by atomic mass is 9.88. The van der Waals surface area contributed by atoms with E-state index in [1.807, 2.05) is 24.4 Å². The summed E-state index contributed by atoms with van der Waals surface area (Å²) in [6.07, 6.45) is 19.5. The van der Waals surface area contributed by atoms with Crippen LogP contribution in [0.1, 0.15) is 77.2 Å². The van der Waals surface area contributed by atoms with Gasteiger partial charge >= 0.3 is 0 Å². The largest absolute Gasteiger partial charge is 0.371 e. The second kappa shape index (κ2) is 11.9. The van der Waals surface area contributed by atoms with Gasteiger partial charge in [-0.05, 0) is 24.5 Å². The lowest BCUT2D eigenvalue weighted by molar-refractivity contribution is -0.0164. The third-order valence-corrected chi connectivity index (χ3v) is 4.97. The topological polar surface area (TPSA) is 21.6 Å². The molecule has 0 heterocycles. The summed E-state index contributed by atoms with van der Waals surface area (Å²) in [7, 11) is 0. The van der Waals surface area contributed by atoms with E-state index in [4.69, 9.17) is 4.74 Å². The van der Waals surface area contributed by atoms with Crippen LogP contribution in [0.3, 0.4) is 0 Å². The Labute approximate surface area is 160 Å². The van der Waals surface area contributed by atoms with E-state index >= 15 is 0 Å². The smallest absolute Gasteiger partial charge is 0.0901 e. The molecule has 1 aromatic rings. The minimum atomic E-state index is -0.118. The number of allylic oxidation sites excluding steroid dienone is 1. The van der Waals surface area contributed by atoms with Crippen LogP contribution in [-0.2, 0) is 4.74 Å². The van der Waals surface area contributed by atoms with Gasteiger partial charge in [0, 0.05) is 19.2 Å². The van der Waals surface area contributed by atoms with Crippen LogP contribution in [0.5, 0.6) is 0 Å². The standard InChI is InChI=1S/C24H35NO/c1-3-5-7-8-12-17-24(26-20-6-4-2)18-15-23(16-19-24)25-21-22-13-10-9-11-14-22/h9-11,13-16,18,21H,3-8,12,17,19-20H2,1-2H3. The molecule has 0 amide bonds. The third-order valence-electron chi connectivity index (χ3n) is 4.97. The van der Waals surface area contributed by atoms with E-state index < -0.39 is 0 Å². The summed E-state index contributed by atoms with van der Waals surface area (Å²) in [5.41, 5.74) is 2.05. The second-order valence-electron chi connectivity index (χ2n) is 7.27. The molecule has 2 nitrogen and oxygen atoms in total. The zero-order valence-electron chi connectivity index (χ0n) is 16.6. The number of unbranched alkanes of at least 4 members (excludes halogenated alkanes) is 5. The number of nitrogens with zero attached hydrogens (tertiary/aromatic N) is 1. The molecule has 0 N–H and O–H groups in total. The number of hydrogen-bond acceptors (Lipinski definition) is 2. The van der Waals surface area contributed by atoms with E-state index in [1.54, 1.807) is 0 Å². The lowest BCUT2D eigenvalue weighted by Crippen LogP contribution is -2.31. The van der Waals surface area contributed by atoms with Gasteiger partial charge in [-0.1, -0.05) is 94.9 Å². The molecule has 0 fully saturated rings. The van der Waals surface area contributed by atoms with Crippen LogP contribution < -0.4 is 0 Å². The molecular formula is C24H35NO. The molecule has 0 spiro atoms. The van der Waals surface area contributed by atoms with E-state index in [0.717, 1.165) is 37.1 Å². The fraction of sp³-hybridized carbons (Fsp3) is 0.542. The van der Waals surface area contributed by atoms with Gasteiger partial charge in [0.15, 0.2) is 0 Å². The highest BCUT2D eigenvalue weighted by Crippen LogP contribution is 2.31. The van der Waals surface area contributed by atoms with Crippen molar-refractivity contribution in [3.05, 3.63) is 59.8 Å². The first kappa shape index (κ1) is 20.6. The maximum Gasteiger partial charge on any atom is 0.0901 e. The van der Waals surface area contributed by atoms with E-state index in [1.165, 1.54) is 38.5 Å². The average Bonchev–Trinajstić information content (AvgIpc) is 2.68. The van der Waals surface area contributed by atoms with Gasteiger partial charge in [0.2, 0.25) is 0 Å². The molecule has 0 aliphatic heterocycles. The van der Waals surface area contributed by atoms with Gasteiger partial charge < -0.3 is 4.74 Å². The van der Waals surface area contributed by atoms with E-state index in [2.05, 4.69) is 49.2 Å². The molecular weight excluding hydrogens is 318 g/mol. The van der Waals surface area contributed by atoms with Gasteiger partial charge in [0.05, 0.1) is 11.3 Å². The Balaban J connectivity index is 1.91. The molecule has 1 aliphatic carbocycles. The first-order chi connectivity index (χ1) is 12.8. The highest BCUT2D eigenvalue weighted by molar-refractivity contribution is 5.80. The SMILES string of the molecule is CCCCCCCC1(OCCCC)C=CC(N=Cc2ccccc2)=CC1. The van der Waals surface area contributed by atoms with Crippen LogP contribution in [0.4, 0.5) is 0 Å². The Kier molecular flexibility index (Phi) is 9.41. The molecule has 1 atom stereocenters. The van der Waals surface area contributed by atoms with Crippen molar-refractivity contribution in [1.29, 1.82) is 0 Å². The maximum atomic E-state index is 6.35. The summed E-state index contributed by atoms with van der Waals surface area (Å²) >= 11 is 0. The van der Waals surface area contributed by atoms with Crippen molar-refractivity contribution in [2.45, 2.75) is 77.2 Å². The zero-order chi connectivity index (χ0) is 18.5. The third kappa shape index (κ3) is 7.29. The maximum absolute atomic E-state index is 6.35. The van der Waals surface area contributed by atoms with Crippen LogP contribution >= 0.6 is 0 Å². The quantitative estimate of drug-likeness (QED) is 0.297. The molecule has 0 radical (unpaired) electrons. The molecule has 0 bridgehead atoms. The van der Waals surface area contributed by atoms with Gasteiger partial charge in [-0.25, -0.2) is 0 Å². The number of rotatable bonds is 12. The lowest BCUT2D eigenvalue weighted by Gasteiger charge is -2.32. The molecule has 0 aromatic heterocycles. The fourth-order valence-corrected chi connectivity index (χ4v) is 3.25. The molecule has 26 heavy (non-hydrogen) atoms. The highest BCUT2D eigenvalue weighted by Gasteiger charge is 2.28. The Bertz CT molecular complexity index is 587. The number of hydrogen-bond donors (Lipinski definition) is 0. The van der Waals surface area contributed by atoms with Gasteiger partial charge in [-0.15, -0.1) is 0 Å². The molecule has 2 rings (SSSR count). The monoisotopic (exact) mass is 353 g/mol. The fourth-order valence-electron chi connectivity index (χ4n) is 3.25. The van der Waals surface area contributed by atoms with Crippen molar-refractivity contribution in [2.24, 2.45) is 4.99 Å². The first-order valence-electron chi connectivity index (χ1n) is 10.4. The number of aliphatic imine (C=N–C) groups is 1. The molecule has 1 unspecified atom stereocenters. The van der Waals surface area contributed by atoms with Gasteiger partial charge in [0.25, 0.3) is 0 Å². The van der Waals surface area contributed by atoms with Crippen LogP contribution in [0.25, 0.3) is 0 Å². The second-order valence-corrected chi connectivity index (χ2v) is 7.27. The van der Waals surface area contributed by atoms with Crippen LogP contribution in [-0.4, -0.2) is 18.4 Å². The summed E-state index contributed by atoms with van der Waals surface area (Å²) in [6.45, 7) is 5.33. The van der Waals surface area contributed by atoms with Crippen LogP contribution in [0.15, 0.2) is 59.2 Å². The molecule has 2 heteroatoms. The minimum absolute atomic E-state index is 0.118. The molecule has 0 saturated carbocycles. The Morgan fingerprint density at radius 1 is 1.00 bits per heavy atom. The highest BCUT2D eigenvalue weighted by atomic mass is 16.5. The number of benzene rings is 1. The predicted molar refractivity (Wildman–Crippen MR) is 113 cm³/mol. The normalized spacial score (nSPS) is 19.8. The first-order valence-corrected chi connectivity index (χ1v) is 10.4. The van der Waals surface area contributed by atoms with Gasteiger partial charge in [-0.2, -0.15) is 0 Å². The Morgan fingerprint density at radius 3 is 2.46 bits per heavy atom. The van der Waals surface area contributed by atoms with E-state index in [9.17, 15) is 0 Å². The molecule has 0 saturated heterocycles.